The van der Waals surface area contributed by atoms with E-state index in [1.165, 1.54) is 12.2 Å². The minimum atomic E-state index is -5.08. The summed E-state index contributed by atoms with van der Waals surface area (Å²) in [7, 11) is 0. The third kappa shape index (κ3) is 7.40. The van der Waals surface area contributed by atoms with Crippen LogP contribution in [0.25, 0.3) is 0 Å². The Labute approximate surface area is 128 Å². The second-order valence-electron chi connectivity index (χ2n) is 4.28. The summed E-state index contributed by atoms with van der Waals surface area (Å²) in [6.45, 7) is 2.02. The third-order valence-electron chi connectivity index (χ3n) is 2.36. The largest absolute Gasteiger partial charge is 0.490 e. The number of hydrogen-bond acceptors (Lipinski definition) is 6. The van der Waals surface area contributed by atoms with Crippen LogP contribution in [-0.2, 0) is 23.9 Å². The molecule has 23 heavy (non-hydrogen) atoms. The number of hydrogen-bond donors (Lipinski definition) is 2. The van der Waals surface area contributed by atoms with Gasteiger partial charge in [0.2, 0.25) is 0 Å². The molecule has 0 fully saturated rings. The molecule has 2 amide bonds. The van der Waals surface area contributed by atoms with Crippen LogP contribution in [0.15, 0.2) is 12.2 Å². The van der Waals surface area contributed by atoms with Crippen molar-refractivity contribution in [3.05, 3.63) is 12.2 Å². The van der Waals surface area contributed by atoms with Gasteiger partial charge < -0.3 is 15.6 Å². The molecule has 0 aromatic heterocycles. The summed E-state index contributed by atoms with van der Waals surface area (Å²) >= 11 is 0. The maximum absolute atomic E-state index is 11.4. The van der Waals surface area contributed by atoms with Crippen LogP contribution in [0.3, 0.4) is 0 Å². The monoisotopic (exact) mass is 340 g/mol. The number of carboxylic acid groups (broad SMARTS) is 1. The van der Waals surface area contributed by atoms with E-state index >= 15 is 0 Å². The molecular weight excluding hydrogens is 325 g/mol. The number of nitrogens with zero attached hydrogens (tertiary/aromatic N) is 1. The van der Waals surface area contributed by atoms with E-state index in [1.807, 2.05) is 0 Å². The molecule has 0 spiro atoms. The van der Waals surface area contributed by atoms with Crippen molar-refractivity contribution in [2.24, 2.45) is 11.7 Å². The van der Waals surface area contributed by atoms with Gasteiger partial charge in [-0.3, -0.25) is 19.3 Å². The van der Waals surface area contributed by atoms with E-state index in [9.17, 15) is 27.6 Å². The van der Waals surface area contributed by atoms with Gasteiger partial charge in [0.05, 0.1) is 5.92 Å². The number of rotatable bonds is 5. The number of ether oxygens (including phenoxy) is 1. The van der Waals surface area contributed by atoms with Gasteiger partial charge in [0.25, 0.3) is 11.8 Å². The Morgan fingerprint density at radius 2 is 1.74 bits per heavy atom. The number of imide groups is 1. The van der Waals surface area contributed by atoms with Crippen LogP contribution in [0.1, 0.15) is 6.92 Å². The van der Waals surface area contributed by atoms with Gasteiger partial charge in [-0.05, 0) is 0 Å². The first kappa shape index (κ1) is 20.6. The minimum absolute atomic E-state index is 0.0358. The summed E-state index contributed by atoms with van der Waals surface area (Å²) in [5.74, 6) is -4.56. The quantitative estimate of drug-likeness (QED) is 0.519. The van der Waals surface area contributed by atoms with E-state index in [2.05, 4.69) is 0 Å². The first-order valence-electron chi connectivity index (χ1n) is 6.21. The summed E-state index contributed by atoms with van der Waals surface area (Å²) in [6, 6.07) is 0. The minimum Gasteiger partial charge on any atom is -0.475 e. The van der Waals surface area contributed by atoms with Crippen molar-refractivity contribution in [3.63, 3.8) is 0 Å². The average molecular weight is 340 g/mol. The third-order valence-corrected chi connectivity index (χ3v) is 2.36. The maximum atomic E-state index is 11.4. The number of aliphatic carboxylic acids is 1. The highest BCUT2D eigenvalue weighted by Crippen LogP contribution is 2.13. The van der Waals surface area contributed by atoms with E-state index in [4.69, 9.17) is 20.4 Å². The lowest BCUT2D eigenvalue weighted by Crippen LogP contribution is -2.37. The van der Waals surface area contributed by atoms with Gasteiger partial charge in [-0.15, -0.1) is 0 Å². The van der Waals surface area contributed by atoms with Crippen molar-refractivity contribution in [3.8, 4) is 0 Å². The lowest BCUT2D eigenvalue weighted by Gasteiger charge is -2.18. The number of halogens is 3. The smallest absolute Gasteiger partial charge is 0.475 e. The molecule has 0 radical (unpaired) electrons. The number of esters is 1. The summed E-state index contributed by atoms with van der Waals surface area (Å²) in [5, 5.41) is 7.12. The van der Waals surface area contributed by atoms with Crippen LogP contribution in [0.5, 0.6) is 0 Å². The number of alkyl halides is 3. The van der Waals surface area contributed by atoms with E-state index in [0.717, 1.165) is 4.90 Å². The number of carboxylic acids is 1. The van der Waals surface area contributed by atoms with Crippen LogP contribution in [-0.4, -0.2) is 59.6 Å². The van der Waals surface area contributed by atoms with Gasteiger partial charge in [-0.1, -0.05) is 6.92 Å². The van der Waals surface area contributed by atoms with Gasteiger partial charge in [0, 0.05) is 25.2 Å². The predicted molar refractivity (Wildman–Crippen MR) is 68.7 cm³/mol. The fourth-order valence-corrected chi connectivity index (χ4v) is 1.26. The first-order valence-corrected chi connectivity index (χ1v) is 6.21. The highest BCUT2D eigenvalue weighted by atomic mass is 19.4. The summed E-state index contributed by atoms with van der Waals surface area (Å²) in [5.41, 5.74) is 5.18. The summed E-state index contributed by atoms with van der Waals surface area (Å²) in [6.07, 6.45) is -2.72. The fourth-order valence-electron chi connectivity index (χ4n) is 1.26. The zero-order valence-corrected chi connectivity index (χ0v) is 12.0. The summed E-state index contributed by atoms with van der Waals surface area (Å²) < 4.78 is 36.5. The highest BCUT2D eigenvalue weighted by molar-refractivity contribution is 6.13. The van der Waals surface area contributed by atoms with Crippen molar-refractivity contribution in [1.82, 2.24) is 4.90 Å². The van der Waals surface area contributed by atoms with Crippen LogP contribution in [0, 0.1) is 5.92 Å². The molecule has 1 aliphatic rings. The zero-order chi connectivity index (χ0) is 18.2. The molecule has 1 aliphatic heterocycles. The van der Waals surface area contributed by atoms with Gasteiger partial charge in [-0.2, -0.15) is 13.2 Å². The van der Waals surface area contributed by atoms with Gasteiger partial charge >= 0.3 is 18.1 Å². The molecule has 0 aromatic carbocycles. The number of amides is 2. The molecule has 1 atom stereocenters. The normalized spacial score (nSPS) is 15.1. The number of carbonyl (C=O) groups is 4. The Morgan fingerprint density at radius 1 is 1.30 bits per heavy atom. The van der Waals surface area contributed by atoms with Crippen LogP contribution in [0.2, 0.25) is 0 Å². The standard InChI is InChI=1S/C10H14N2O4.C2HF3O2/c1-7(10(15)16-5-4-11)6-12-8(13)2-3-9(12)14;3-2(4,5)1(6)7/h2-3,7H,4-6,11H2,1H3;(H,6,7). The Kier molecular flexibility index (Phi) is 7.94. The molecule has 1 unspecified atom stereocenters. The van der Waals surface area contributed by atoms with Crippen molar-refractivity contribution in [1.29, 1.82) is 0 Å². The lowest BCUT2D eigenvalue weighted by molar-refractivity contribution is -0.192. The van der Waals surface area contributed by atoms with Crippen molar-refractivity contribution >= 4 is 23.8 Å². The Hall–Kier alpha value is -2.43. The molecule has 3 N–H and O–H groups in total. The van der Waals surface area contributed by atoms with Crippen molar-refractivity contribution in [2.45, 2.75) is 13.1 Å². The first-order chi connectivity index (χ1) is 10.5. The highest BCUT2D eigenvalue weighted by Gasteiger charge is 2.38. The SMILES string of the molecule is CC(CN1C(=O)C=CC1=O)C(=O)OCCN.O=C(O)C(F)(F)F. The molecule has 130 valence electrons. The van der Waals surface area contributed by atoms with Crippen LogP contribution < -0.4 is 5.73 Å². The lowest BCUT2D eigenvalue weighted by atomic mass is 10.2. The molecule has 1 heterocycles. The molecule has 0 aromatic rings. The Bertz CT molecular complexity index is 486. The van der Waals surface area contributed by atoms with Crippen LogP contribution in [0.4, 0.5) is 13.2 Å². The number of carbonyl (C=O) groups excluding carboxylic acids is 3. The van der Waals surface area contributed by atoms with E-state index in [0.29, 0.717) is 0 Å². The summed E-state index contributed by atoms with van der Waals surface area (Å²) in [4.78, 5) is 43.7. The molecule has 0 bridgehead atoms. The van der Waals surface area contributed by atoms with Gasteiger partial charge in [-0.25, -0.2) is 4.79 Å². The van der Waals surface area contributed by atoms with Crippen molar-refractivity contribution in [2.75, 3.05) is 19.7 Å². The topological polar surface area (TPSA) is 127 Å². The molecule has 0 saturated carbocycles. The van der Waals surface area contributed by atoms with Crippen LogP contribution >= 0.6 is 0 Å². The van der Waals surface area contributed by atoms with Crippen molar-refractivity contribution < 1.29 is 42.2 Å². The van der Waals surface area contributed by atoms with E-state index < -0.39 is 35.8 Å². The zero-order valence-electron chi connectivity index (χ0n) is 12.0. The number of nitrogens with two attached hydrogens (primary N) is 1. The van der Waals surface area contributed by atoms with E-state index in [-0.39, 0.29) is 19.7 Å². The maximum Gasteiger partial charge on any atom is 0.490 e. The fraction of sp³-hybridized carbons (Fsp3) is 0.500. The molecule has 1 rings (SSSR count). The van der Waals surface area contributed by atoms with E-state index in [1.54, 1.807) is 6.92 Å². The van der Waals surface area contributed by atoms with Gasteiger partial charge in [0.15, 0.2) is 0 Å². The molecule has 0 saturated heterocycles. The Balaban J connectivity index is 0.000000585. The molecule has 8 nitrogen and oxygen atoms in total. The molecular formula is C12H15F3N2O6. The molecule has 11 heteroatoms. The molecule has 0 aliphatic carbocycles. The van der Waals surface area contributed by atoms with Gasteiger partial charge in [0.1, 0.15) is 6.61 Å². The average Bonchev–Trinajstić information content (AvgIpc) is 2.76. The Morgan fingerprint density at radius 3 is 2.09 bits per heavy atom. The predicted octanol–water partition coefficient (Wildman–Crippen LogP) is -0.317. The second-order valence-corrected chi connectivity index (χ2v) is 4.28. The second kappa shape index (κ2) is 8.88.